The molecular weight excluding hydrogens is 444 g/mol. The minimum Gasteiger partial charge on any atom is -0.417 e. The number of amides is 1. The van der Waals surface area contributed by atoms with E-state index in [2.05, 4.69) is 40.1 Å². The van der Waals surface area contributed by atoms with Crippen LogP contribution in [-0.4, -0.2) is 40.7 Å². The Morgan fingerprint density at radius 2 is 1.85 bits per heavy atom. The summed E-state index contributed by atoms with van der Waals surface area (Å²) in [5.41, 5.74) is 3.07. The Labute approximate surface area is 208 Å². The van der Waals surface area contributed by atoms with Gasteiger partial charge in [0.15, 0.2) is 0 Å². The third-order valence-electron chi connectivity index (χ3n) is 7.99. The van der Waals surface area contributed by atoms with Gasteiger partial charge in [-0.3, -0.25) is 9.79 Å². The van der Waals surface area contributed by atoms with Crippen molar-refractivity contribution < 1.29 is 8.98 Å². The van der Waals surface area contributed by atoms with Crippen molar-refractivity contribution in [2.24, 2.45) is 10.9 Å². The summed E-state index contributed by atoms with van der Waals surface area (Å²) in [6.07, 6.45) is 16.7. The fourth-order valence-electron chi connectivity index (χ4n) is 5.83. The van der Waals surface area contributed by atoms with Crippen LogP contribution >= 0.6 is 12.2 Å². The number of benzene rings is 1. The van der Waals surface area contributed by atoms with Gasteiger partial charge in [0.25, 0.3) is 5.91 Å². The lowest BCUT2D eigenvalue weighted by molar-refractivity contribution is -0.124. The average Bonchev–Trinajstić information content (AvgIpc) is 3.48. The van der Waals surface area contributed by atoms with Gasteiger partial charge < -0.3 is 14.8 Å². The van der Waals surface area contributed by atoms with Crippen molar-refractivity contribution in [3.05, 3.63) is 35.6 Å². The second-order valence-electron chi connectivity index (χ2n) is 10.4. The van der Waals surface area contributed by atoms with Crippen LogP contribution in [0.3, 0.4) is 0 Å². The first-order valence-electron chi connectivity index (χ1n) is 13.1. The molecule has 0 radical (unpaired) electrons. The molecule has 1 aromatic rings. The van der Waals surface area contributed by atoms with Gasteiger partial charge >= 0.3 is 0 Å². The molecular formula is C27H38N4O2S. The van der Waals surface area contributed by atoms with Crippen LogP contribution in [-0.2, 0) is 8.98 Å². The lowest BCUT2D eigenvalue weighted by Crippen LogP contribution is -2.47. The highest BCUT2D eigenvalue weighted by Gasteiger charge is 2.47. The molecule has 1 spiro atoms. The van der Waals surface area contributed by atoms with Gasteiger partial charge in [0.2, 0.25) is 0 Å². The van der Waals surface area contributed by atoms with Gasteiger partial charge in [-0.1, -0.05) is 38.2 Å². The van der Waals surface area contributed by atoms with Crippen molar-refractivity contribution in [1.29, 1.82) is 0 Å². The summed E-state index contributed by atoms with van der Waals surface area (Å²) in [6, 6.07) is 7.17. The van der Waals surface area contributed by atoms with E-state index in [-0.39, 0.29) is 5.91 Å². The van der Waals surface area contributed by atoms with Crippen LogP contribution in [0.5, 0.6) is 0 Å². The highest BCUT2D eigenvalue weighted by Crippen LogP contribution is 2.35. The summed E-state index contributed by atoms with van der Waals surface area (Å²) >= 11 is 1.37. The van der Waals surface area contributed by atoms with Crippen LogP contribution in [0.15, 0.2) is 29.5 Å². The molecule has 7 heteroatoms. The molecule has 34 heavy (non-hydrogen) atoms. The summed E-state index contributed by atoms with van der Waals surface area (Å²) in [5.74, 6) is 1.53. The number of aryl methyl sites for hydroxylation is 1. The molecule has 2 saturated carbocycles. The summed E-state index contributed by atoms with van der Waals surface area (Å²) in [4.78, 5) is 17.7. The molecule has 2 N–H and O–H groups in total. The Bertz CT molecular complexity index is 927. The zero-order valence-electron chi connectivity index (χ0n) is 20.4. The van der Waals surface area contributed by atoms with Gasteiger partial charge in [-0.15, -0.1) is 0 Å². The molecule has 0 bridgehead atoms. The number of hydrogen-bond donors (Lipinski definition) is 2. The first kappa shape index (κ1) is 23.7. The maximum atomic E-state index is 12.8. The van der Waals surface area contributed by atoms with E-state index in [9.17, 15) is 4.79 Å². The van der Waals surface area contributed by atoms with Gasteiger partial charge in [-0.25, -0.2) is 4.31 Å². The lowest BCUT2D eigenvalue weighted by atomic mass is 9.88. The molecule has 1 aromatic carbocycles. The normalized spacial score (nSPS) is 24.0. The van der Waals surface area contributed by atoms with Gasteiger partial charge in [0.05, 0.1) is 0 Å². The highest BCUT2D eigenvalue weighted by atomic mass is 32.2. The predicted molar refractivity (Wildman–Crippen MR) is 140 cm³/mol. The van der Waals surface area contributed by atoms with Crippen LogP contribution in [0.4, 0.5) is 5.69 Å². The van der Waals surface area contributed by atoms with Gasteiger partial charge in [0, 0.05) is 30.7 Å². The van der Waals surface area contributed by atoms with Gasteiger partial charge in [0.1, 0.15) is 29.9 Å². The maximum absolute atomic E-state index is 12.8. The number of rotatable bonds is 7. The van der Waals surface area contributed by atoms with E-state index in [4.69, 9.17) is 9.18 Å². The smallest absolute Gasteiger partial charge is 0.253 e. The molecule has 1 amide bonds. The molecule has 2 heterocycles. The second kappa shape index (κ2) is 10.7. The quantitative estimate of drug-likeness (QED) is 0.290. The summed E-state index contributed by atoms with van der Waals surface area (Å²) < 4.78 is 7.97. The number of nitrogens with one attached hydrogen (secondary N) is 2. The van der Waals surface area contributed by atoms with Crippen molar-refractivity contribution in [3.8, 4) is 0 Å². The van der Waals surface area contributed by atoms with Crippen molar-refractivity contribution in [2.75, 3.05) is 18.4 Å². The van der Waals surface area contributed by atoms with E-state index in [0.29, 0.717) is 12.0 Å². The Morgan fingerprint density at radius 1 is 1.12 bits per heavy atom. The first-order chi connectivity index (χ1) is 16.6. The van der Waals surface area contributed by atoms with Crippen LogP contribution in [0.1, 0.15) is 81.8 Å². The summed E-state index contributed by atoms with van der Waals surface area (Å²) in [7, 11) is 0. The number of carbonyl (C=O) groups excluding carboxylic acids is 1. The maximum Gasteiger partial charge on any atom is 0.253 e. The average molecular weight is 483 g/mol. The largest absolute Gasteiger partial charge is 0.417 e. The van der Waals surface area contributed by atoms with E-state index in [1.54, 1.807) is 6.26 Å². The summed E-state index contributed by atoms with van der Waals surface area (Å²) in [5, 5.41) is 6.80. The number of piperidine rings is 1. The molecule has 3 fully saturated rings. The monoisotopic (exact) mass is 482 g/mol. The number of anilines is 1. The fourth-order valence-corrected chi connectivity index (χ4v) is 6.38. The van der Waals surface area contributed by atoms with Crippen molar-refractivity contribution >= 4 is 35.7 Å². The van der Waals surface area contributed by atoms with E-state index in [1.807, 2.05) is 6.08 Å². The number of hydrogen-bond acceptors (Lipinski definition) is 6. The number of nitrogens with zero attached hydrogens (tertiary/aromatic N) is 2. The standard InChI is InChI=1S/C27H38N4O2S/c1-20-19-24(28-23-9-5-6-10-23)12-11-21(20)13-18-33-34-31-16-14-27(15-17-31)26(32)29-25(30-27)22-7-3-2-4-8-22/h11-13,18-19,22-23,28H,2-10,14-17H2,1H3,(H,29,30,32)/b18-13+. The van der Waals surface area contributed by atoms with Crippen LogP contribution in [0, 0.1) is 12.8 Å². The molecule has 5 rings (SSSR count). The van der Waals surface area contributed by atoms with Crippen LogP contribution in [0.2, 0.25) is 0 Å². The molecule has 184 valence electrons. The number of amidine groups is 1. The van der Waals surface area contributed by atoms with Gasteiger partial charge in [-0.2, -0.15) is 0 Å². The van der Waals surface area contributed by atoms with Crippen LogP contribution in [0.25, 0.3) is 6.08 Å². The van der Waals surface area contributed by atoms with Gasteiger partial charge in [-0.05, 0) is 74.8 Å². The molecule has 0 aromatic heterocycles. The number of carbonyl (C=O) groups is 1. The van der Waals surface area contributed by atoms with Crippen LogP contribution < -0.4 is 10.6 Å². The topological polar surface area (TPSA) is 66.0 Å². The summed E-state index contributed by atoms with van der Waals surface area (Å²) in [6.45, 7) is 3.74. The number of aliphatic imine (C=N–C) groups is 1. The zero-order chi connectivity index (χ0) is 23.4. The Balaban J connectivity index is 1.08. The zero-order valence-corrected chi connectivity index (χ0v) is 21.2. The first-order valence-corrected chi connectivity index (χ1v) is 13.8. The molecule has 2 aliphatic carbocycles. The third-order valence-corrected chi connectivity index (χ3v) is 8.76. The second-order valence-corrected chi connectivity index (χ2v) is 11.3. The third kappa shape index (κ3) is 5.46. The molecule has 0 atom stereocenters. The fraction of sp³-hybridized carbons (Fsp3) is 0.630. The lowest BCUT2D eigenvalue weighted by Gasteiger charge is -2.33. The van der Waals surface area contributed by atoms with E-state index in [1.165, 1.54) is 74.0 Å². The molecule has 0 unspecified atom stereocenters. The van der Waals surface area contributed by atoms with Crippen molar-refractivity contribution in [3.63, 3.8) is 0 Å². The van der Waals surface area contributed by atoms with E-state index in [0.717, 1.165) is 44.6 Å². The molecule has 1 saturated heterocycles. The minimum atomic E-state index is -0.551. The molecule has 4 aliphatic rings. The Hall–Kier alpha value is -1.99. The molecule has 2 aliphatic heterocycles. The van der Waals surface area contributed by atoms with Crippen molar-refractivity contribution in [1.82, 2.24) is 9.62 Å². The Morgan fingerprint density at radius 3 is 2.59 bits per heavy atom. The van der Waals surface area contributed by atoms with E-state index >= 15 is 0 Å². The SMILES string of the molecule is Cc1cc(NC2CCCC2)ccc1/C=C/OSN1CCC2(CC1)N=C(C1CCCCC1)NC2=O. The highest BCUT2D eigenvalue weighted by molar-refractivity contribution is 7.92. The predicted octanol–water partition coefficient (Wildman–Crippen LogP) is 5.84. The minimum absolute atomic E-state index is 0.111. The molecule has 6 nitrogen and oxygen atoms in total. The van der Waals surface area contributed by atoms with E-state index < -0.39 is 5.54 Å². The Kier molecular flexibility index (Phi) is 7.49. The van der Waals surface area contributed by atoms with Crippen molar-refractivity contribution in [2.45, 2.75) is 89.1 Å².